The molecule has 150 valence electrons. The molecule has 0 saturated carbocycles. The predicted octanol–water partition coefficient (Wildman–Crippen LogP) is 2.84. The van der Waals surface area contributed by atoms with Gasteiger partial charge in [-0.1, -0.05) is 42.5 Å². The van der Waals surface area contributed by atoms with Gasteiger partial charge in [-0.2, -0.15) is 5.10 Å². The van der Waals surface area contributed by atoms with Crippen molar-refractivity contribution in [2.45, 2.75) is 12.3 Å². The van der Waals surface area contributed by atoms with E-state index < -0.39 is 0 Å². The highest BCUT2D eigenvalue weighted by atomic mass is 32.1. The molecule has 4 bridgehead atoms. The van der Waals surface area contributed by atoms with Crippen molar-refractivity contribution in [1.29, 1.82) is 0 Å². The number of hydrogen-bond acceptors (Lipinski definition) is 4. The van der Waals surface area contributed by atoms with E-state index >= 15 is 0 Å². The maximum absolute atomic E-state index is 5.54. The fraction of sp³-hybridized carbons (Fsp3) is 0.391. The number of thiocarbonyl (C=S) groups is 1. The van der Waals surface area contributed by atoms with Crippen LogP contribution in [0.3, 0.4) is 0 Å². The van der Waals surface area contributed by atoms with Crippen LogP contribution in [0.25, 0.3) is 0 Å². The van der Waals surface area contributed by atoms with Crippen molar-refractivity contribution >= 4 is 28.7 Å². The van der Waals surface area contributed by atoms with Crippen molar-refractivity contribution in [3.05, 3.63) is 65.7 Å². The summed E-state index contributed by atoms with van der Waals surface area (Å²) in [5.41, 5.74) is 7.90. The number of aryl methyl sites for hydroxylation is 1. The molecule has 0 aromatic heterocycles. The van der Waals surface area contributed by atoms with Gasteiger partial charge < -0.3 is 15.1 Å². The van der Waals surface area contributed by atoms with Crippen LogP contribution >= 0.6 is 12.2 Å². The SMILES string of the molecule is Cc1cccc(NC(=S)N/N=C2\C3CN4CCN(C3)CC2(c2ccccc2)C4)c1. The van der Waals surface area contributed by atoms with E-state index in [1.165, 1.54) is 16.8 Å². The first-order valence-corrected chi connectivity index (χ1v) is 10.8. The van der Waals surface area contributed by atoms with Crippen LogP contribution in [0.2, 0.25) is 0 Å². The van der Waals surface area contributed by atoms with Crippen molar-refractivity contribution in [3.63, 3.8) is 0 Å². The van der Waals surface area contributed by atoms with Gasteiger partial charge in [-0.3, -0.25) is 5.43 Å². The third-order valence-corrected chi connectivity index (χ3v) is 6.63. The van der Waals surface area contributed by atoms with Gasteiger partial charge >= 0.3 is 0 Å². The molecular formula is C23H27N5S. The summed E-state index contributed by atoms with van der Waals surface area (Å²) >= 11 is 5.54. The number of anilines is 1. The molecule has 5 nitrogen and oxygen atoms in total. The van der Waals surface area contributed by atoms with Gasteiger partial charge in [-0.25, -0.2) is 0 Å². The lowest BCUT2D eigenvalue weighted by Gasteiger charge is -2.50. The second-order valence-electron chi connectivity index (χ2n) is 8.55. The van der Waals surface area contributed by atoms with E-state index in [0.717, 1.165) is 45.0 Å². The Balaban J connectivity index is 1.43. The Morgan fingerprint density at radius 2 is 1.76 bits per heavy atom. The molecule has 0 radical (unpaired) electrons. The number of hydrogen-bond donors (Lipinski definition) is 2. The van der Waals surface area contributed by atoms with E-state index in [4.69, 9.17) is 17.3 Å². The molecule has 2 atom stereocenters. The van der Waals surface area contributed by atoms with Crippen LogP contribution in [-0.4, -0.2) is 59.9 Å². The average molecular weight is 406 g/mol. The number of benzene rings is 2. The van der Waals surface area contributed by atoms with Crippen molar-refractivity contribution < 1.29 is 0 Å². The van der Waals surface area contributed by atoms with Gasteiger partial charge in [0, 0.05) is 50.9 Å². The lowest BCUT2D eigenvalue weighted by molar-refractivity contribution is 0.163. The highest BCUT2D eigenvalue weighted by molar-refractivity contribution is 7.80. The zero-order chi connectivity index (χ0) is 19.8. The second kappa shape index (κ2) is 7.52. The minimum atomic E-state index is -0.0646. The molecule has 2 aromatic rings. The Labute approximate surface area is 177 Å². The Hall–Kier alpha value is -2.28. The molecule has 6 rings (SSSR count). The van der Waals surface area contributed by atoms with Crippen LogP contribution in [0.15, 0.2) is 59.7 Å². The Kier molecular flexibility index (Phi) is 4.86. The summed E-state index contributed by atoms with van der Waals surface area (Å²) in [6.45, 7) is 8.62. The third-order valence-electron chi connectivity index (χ3n) is 6.43. The summed E-state index contributed by atoms with van der Waals surface area (Å²) in [5.74, 6) is 0.439. The molecule has 6 heteroatoms. The molecule has 0 amide bonds. The Morgan fingerprint density at radius 1 is 1.03 bits per heavy atom. The first-order chi connectivity index (χ1) is 14.1. The summed E-state index contributed by atoms with van der Waals surface area (Å²) in [5, 5.41) is 8.74. The van der Waals surface area contributed by atoms with Gasteiger partial charge in [0.1, 0.15) is 0 Å². The largest absolute Gasteiger partial charge is 0.331 e. The van der Waals surface area contributed by atoms with E-state index in [0.29, 0.717) is 11.0 Å². The van der Waals surface area contributed by atoms with E-state index in [2.05, 4.69) is 69.9 Å². The summed E-state index contributed by atoms with van der Waals surface area (Å²) in [6, 6.07) is 19.1. The van der Waals surface area contributed by atoms with Crippen molar-refractivity contribution in [2.24, 2.45) is 11.0 Å². The number of hydrazone groups is 1. The summed E-state index contributed by atoms with van der Waals surface area (Å²) in [7, 11) is 0. The van der Waals surface area contributed by atoms with Crippen LogP contribution in [0, 0.1) is 12.8 Å². The maximum Gasteiger partial charge on any atom is 0.191 e. The number of fused-ring (bicyclic) bond motifs is 1. The molecule has 0 spiro atoms. The fourth-order valence-corrected chi connectivity index (χ4v) is 5.42. The van der Waals surface area contributed by atoms with Crippen molar-refractivity contribution in [3.8, 4) is 0 Å². The molecule has 2 N–H and O–H groups in total. The quantitative estimate of drug-likeness (QED) is 0.607. The van der Waals surface area contributed by atoms with Crippen LogP contribution in [0.4, 0.5) is 5.69 Å². The van der Waals surface area contributed by atoms with Crippen molar-refractivity contribution in [2.75, 3.05) is 44.6 Å². The van der Waals surface area contributed by atoms with E-state index in [1.54, 1.807) is 0 Å². The van der Waals surface area contributed by atoms with Crippen molar-refractivity contribution in [1.82, 2.24) is 15.2 Å². The third kappa shape index (κ3) is 3.56. The average Bonchev–Trinajstić information content (AvgIpc) is 2.96. The van der Waals surface area contributed by atoms with Crippen LogP contribution in [0.1, 0.15) is 11.1 Å². The number of nitrogens with one attached hydrogen (secondary N) is 2. The molecule has 4 fully saturated rings. The topological polar surface area (TPSA) is 42.9 Å². The molecular weight excluding hydrogens is 378 g/mol. The molecule has 4 aliphatic heterocycles. The predicted molar refractivity (Wildman–Crippen MR) is 122 cm³/mol. The highest BCUT2D eigenvalue weighted by Crippen LogP contribution is 2.41. The van der Waals surface area contributed by atoms with Gasteiger partial charge in [-0.15, -0.1) is 0 Å². The molecule has 2 unspecified atom stereocenters. The van der Waals surface area contributed by atoms with Crippen LogP contribution < -0.4 is 10.7 Å². The lowest BCUT2D eigenvalue weighted by Crippen LogP contribution is -2.64. The summed E-state index contributed by atoms with van der Waals surface area (Å²) in [4.78, 5) is 5.24. The summed E-state index contributed by atoms with van der Waals surface area (Å²) < 4.78 is 0. The van der Waals surface area contributed by atoms with E-state index in [1.807, 2.05) is 12.1 Å². The lowest BCUT2D eigenvalue weighted by atomic mass is 9.66. The summed E-state index contributed by atoms with van der Waals surface area (Å²) in [6.07, 6.45) is 0. The molecule has 4 aliphatic rings. The van der Waals surface area contributed by atoms with Gasteiger partial charge in [0.25, 0.3) is 0 Å². The molecule has 4 heterocycles. The standard InChI is InChI=1S/C23H27N5S/c1-17-6-5-9-20(12-17)24-22(29)26-25-21-18-13-27-10-11-28(14-18)16-23(21,15-27)19-7-3-2-4-8-19/h2-9,12,18H,10-11,13-16H2,1H3,(H2,24,26,29)/b25-21+. The first-order valence-electron chi connectivity index (χ1n) is 10.3. The normalized spacial score (nSPS) is 31.5. The molecule has 4 saturated heterocycles. The van der Waals surface area contributed by atoms with Gasteiger partial charge in [0.2, 0.25) is 0 Å². The maximum atomic E-state index is 5.54. The van der Waals surface area contributed by atoms with E-state index in [9.17, 15) is 0 Å². The van der Waals surface area contributed by atoms with Gasteiger partial charge in [-0.05, 0) is 42.4 Å². The number of rotatable bonds is 3. The van der Waals surface area contributed by atoms with E-state index in [-0.39, 0.29) is 5.41 Å². The fourth-order valence-electron chi connectivity index (χ4n) is 5.25. The second-order valence-corrected chi connectivity index (χ2v) is 8.96. The number of piperidine rings is 2. The Morgan fingerprint density at radius 3 is 2.45 bits per heavy atom. The van der Waals surface area contributed by atoms with Crippen LogP contribution in [0.5, 0.6) is 0 Å². The molecule has 0 aliphatic carbocycles. The van der Waals surface area contributed by atoms with Gasteiger partial charge in [0.05, 0.1) is 11.1 Å². The van der Waals surface area contributed by atoms with Crippen LogP contribution in [-0.2, 0) is 5.41 Å². The zero-order valence-electron chi connectivity index (χ0n) is 16.8. The minimum absolute atomic E-state index is 0.0646. The minimum Gasteiger partial charge on any atom is -0.331 e. The molecule has 29 heavy (non-hydrogen) atoms. The van der Waals surface area contributed by atoms with Gasteiger partial charge in [0.15, 0.2) is 5.11 Å². The highest BCUT2D eigenvalue weighted by Gasteiger charge is 2.53. The first kappa shape index (κ1) is 18.7. The zero-order valence-corrected chi connectivity index (χ0v) is 17.6. The number of nitrogens with zero attached hydrogens (tertiary/aromatic N) is 3. The monoisotopic (exact) mass is 405 g/mol. The Bertz CT molecular complexity index is 925. The smallest absolute Gasteiger partial charge is 0.191 e. The molecule has 2 aromatic carbocycles.